The van der Waals surface area contributed by atoms with Gasteiger partial charge < -0.3 is 9.30 Å². The Morgan fingerprint density at radius 2 is 1.81 bits per heavy atom. The molecule has 130 valence electrons. The molecular weight excluding hydrogens is 352 g/mol. The molecule has 1 aromatic heterocycles. The highest BCUT2D eigenvalue weighted by Gasteiger charge is 2.18. The molecule has 0 spiro atoms. The van der Waals surface area contributed by atoms with E-state index in [1.807, 2.05) is 28.8 Å². The van der Waals surface area contributed by atoms with Crippen molar-refractivity contribution < 1.29 is 14.3 Å². The van der Waals surface area contributed by atoms with Crippen molar-refractivity contribution in [1.82, 2.24) is 4.57 Å². The van der Waals surface area contributed by atoms with E-state index in [0.29, 0.717) is 18.5 Å². The van der Waals surface area contributed by atoms with Crippen LogP contribution in [-0.2, 0) is 11.3 Å². The smallest absolute Gasteiger partial charge is 0.340 e. The van der Waals surface area contributed by atoms with Crippen molar-refractivity contribution in [3.63, 3.8) is 0 Å². The van der Waals surface area contributed by atoms with Gasteiger partial charge in [0.1, 0.15) is 0 Å². The van der Waals surface area contributed by atoms with Crippen LogP contribution in [0.4, 0.5) is 0 Å². The number of benzene rings is 2. The second-order valence-electron chi connectivity index (χ2n) is 5.64. The summed E-state index contributed by atoms with van der Waals surface area (Å²) in [6.45, 7) is 0.111. The van der Waals surface area contributed by atoms with Gasteiger partial charge in [0.05, 0.1) is 23.1 Å². The van der Waals surface area contributed by atoms with Gasteiger partial charge in [0, 0.05) is 29.2 Å². The maximum Gasteiger partial charge on any atom is 0.340 e. The molecule has 0 saturated heterocycles. The van der Waals surface area contributed by atoms with E-state index in [4.69, 9.17) is 21.6 Å². The zero-order chi connectivity index (χ0) is 18.5. The number of hydrogen-bond acceptors (Lipinski definition) is 4. The molecule has 0 radical (unpaired) electrons. The van der Waals surface area contributed by atoms with Gasteiger partial charge in [0.2, 0.25) is 5.78 Å². The third-order valence-corrected chi connectivity index (χ3v) is 4.31. The number of fused-ring (bicyclic) bond motifs is 1. The van der Waals surface area contributed by atoms with Gasteiger partial charge in [0.25, 0.3) is 0 Å². The Kier molecular flexibility index (Phi) is 5.35. The number of halogens is 1. The summed E-state index contributed by atoms with van der Waals surface area (Å²) in [6, 6.07) is 16.0. The van der Waals surface area contributed by atoms with Crippen molar-refractivity contribution >= 4 is 34.3 Å². The van der Waals surface area contributed by atoms with Crippen molar-refractivity contribution in [1.29, 1.82) is 5.26 Å². The lowest BCUT2D eigenvalue weighted by molar-refractivity contribution is 0.0475. The Labute approximate surface area is 155 Å². The monoisotopic (exact) mass is 366 g/mol. The largest absolute Gasteiger partial charge is 0.454 e. The van der Waals surface area contributed by atoms with E-state index in [0.717, 1.165) is 10.9 Å². The number of rotatable bonds is 6. The number of Topliss-reactive ketones (excluding diaryl/α,β-unsaturated/α-hetero) is 1. The van der Waals surface area contributed by atoms with Crippen molar-refractivity contribution in [3.8, 4) is 6.07 Å². The molecule has 0 saturated carbocycles. The minimum atomic E-state index is -0.642. The molecule has 0 fully saturated rings. The fourth-order valence-corrected chi connectivity index (χ4v) is 2.95. The first-order valence-electron chi connectivity index (χ1n) is 8.01. The predicted octanol–water partition coefficient (Wildman–Crippen LogP) is 4.25. The predicted molar refractivity (Wildman–Crippen MR) is 98.2 cm³/mol. The molecule has 0 unspecified atom stereocenters. The molecule has 2 aromatic carbocycles. The third kappa shape index (κ3) is 3.61. The Hall–Kier alpha value is -3.10. The average molecular weight is 367 g/mol. The highest BCUT2D eigenvalue weighted by atomic mass is 35.5. The molecule has 0 atom stereocenters. The van der Waals surface area contributed by atoms with E-state index in [1.54, 1.807) is 30.5 Å². The fourth-order valence-electron chi connectivity index (χ4n) is 2.74. The summed E-state index contributed by atoms with van der Waals surface area (Å²) < 4.78 is 6.99. The summed E-state index contributed by atoms with van der Waals surface area (Å²) in [7, 11) is 0. The van der Waals surface area contributed by atoms with Gasteiger partial charge in [-0.05, 0) is 18.2 Å². The second kappa shape index (κ2) is 7.85. The number of hydrogen-bond donors (Lipinski definition) is 0. The molecule has 1 heterocycles. The van der Waals surface area contributed by atoms with Crippen LogP contribution in [0.5, 0.6) is 0 Å². The normalized spacial score (nSPS) is 10.5. The highest BCUT2D eigenvalue weighted by molar-refractivity contribution is 6.33. The summed E-state index contributed by atoms with van der Waals surface area (Å²) >= 11 is 5.97. The van der Waals surface area contributed by atoms with E-state index in [1.165, 1.54) is 0 Å². The van der Waals surface area contributed by atoms with Crippen LogP contribution < -0.4 is 0 Å². The summed E-state index contributed by atoms with van der Waals surface area (Å²) in [5.74, 6) is -0.950. The number of nitrogens with zero attached hydrogens (tertiary/aromatic N) is 2. The molecule has 3 aromatic rings. The van der Waals surface area contributed by atoms with Crippen LogP contribution in [0.3, 0.4) is 0 Å². The van der Waals surface area contributed by atoms with E-state index in [-0.39, 0.29) is 23.0 Å². The summed E-state index contributed by atoms with van der Waals surface area (Å²) in [5, 5.41) is 9.84. The number of ketones is 1. The number of aryl methyl sites for hydroxylation is 1. The lowest BCUT2D eigenvalue weighted by Crippen LogP contribution is -2.14. The van der Waals surface area contributed by atoms with Gasteiger partial charge >= 0.3 is 5.97 Å². The molecule has 6 heteroatoms. The van der Waals surface area contributed by atoms with E-state index < -0.39 is 5.97 Å². The molecule has 3 rings (SSSR count). The summed E-state index contributed by atoms with van der Waals surface area (Å²) in [6.07, 6.45) is 2.04. The second-order valence-corrected chi connectivity index (χ2v) is 6.05. The van der Waals surface area contributed by atoms with E-state index >= 15 is 0 Å². The number of para-hydroxylation sites is 1. The molecule has 0 bridgehead atoms. The van der Waals surface area contributed by atoms with Gasteiger partial charge in [-0.1, -0.05) is 41.9 Å². The number of carbonyl (C=O) groups excluding carboxylic acids is 2. The van der Waals surface area contributed by atoms with Gasteiger partial charge in [0.15, 0.2) is 6.61 Å². The van der Waals surface area contributed by atoms with Crippen LogP contribution in [0, 0.1) is 11.3 Å². The van der Waals surface area contributed by atoms with Crippen LogP contribution in [0.25, 0.3) is 10.9 Å². The molecular formula is C20H15ClN2O3. The zero-order valence-corrected chi connectivity index (χ0v) is 14.6. The highest BCUT2D eigenvalue weighted by Crippen LogP contribution is 2.23. The van der Waals surface area contributed by atoms with Crippen LogP contribution in [0.2, 0.25) is 5.02 Å². The maximum atomic E-state index is 12.6. The minimum absolute atomic E-state index is 0.221. The number of nitriles is 1. The standard InChI is InChI=1S/C20H15ClN2O3/c21-17-8-3-1-7-15(17)20(25)26-13-19(24)16-12-23(11-5-10-22)18-9-4-2-6-14(16)18/h1-4,6-9,12H,5,11,13H2. The number of esters is 1. The molecule has 0 aliphatic carbocycles. The van der Waals surface area contributed by atoms with Crippen LogP contribution in [0.15, 0.2) is 54.7 Å². The van der Waals surface area contributed by atoms with Gasteiger partial charge in [-0.25, -0.2) is 4.79 Å². The van der Waals surface area contributed by atoms with Crippen molar-refractivity contribution in [3.05, 3.63) is 70.9 Å². The first kappa shape index (κ1) is 17.7. The van der Waals surface area contributed by atoms with E-state index in [9.17, 15) is 9.59 Å². The minimum Gasteiger partial charge on any atom is -0.454 e. The van der Waals surface area contributed by atoms with Crippen LogP contribution in [-0.4, -0.2) is 22.9 Å². The van der Waals surface area contributed by atoms with Crippen LogP contribution in [0.1, 0.15) is 27.1 Å². The quantitative estimate of drug-likeness (QED) is 0.483. The Bertz CT molecular complexity index is 1020. The molecule has 0 amide bonds. The molecule has 5 nitrogen and oxygen atoms in total. The maximum absolute atomic E-state index is 12.6. The fraction of sp³-hybridized carbons (Fsp3) is 0.150. The Morgan fingerprint density at radius 1 is 1.08 bits per heavy atom. The first-order chi connectivity index (χ1) is 12.6. The zero-order valence-electron chi connectivity index (χ0n) is 13.8. The number of aromatic nitrogens is 1. The summed E-state index contributed by atoms with van der Waals surface area (Å²) in [5.41, 5.74) is 1.55. The lowest BCUT2D eigenvalue weighted by Gasteiger charge is -2.05. The van der Waals surface area contributed by atoms with E-state index in [2.05, 4.69) is 6.07 Å². The molecule has 26 heavy (non-hydrogen) atoms. The first-order valence-corrected chi connectivity index (χ1v) is 8.39. The number of ether oxygens (including phenoxy) is 1. The molecule has 0 N–H and O–H groups in total. The van der Waals surface area contributed by atoms with Gasteiger partial charge in [-0.3, -0.25) is 4.79 Å². The molecule has 0 aliphatic heterocycles. The SMILES string of the molecule is N#CCCn1cc(C(=O)COC(=O)c2ccccc2Cl)c2ccccc21. The molecule has 0 aliphatic rings. The average Bonchev–Trinajstić information content (AvgIpc) is 3.03. The van der Waals surface area contributed by atoms with Crippen LogP contribution >= 0.6 is 11.6 Å². The third-order valence-electron chi connectivity index (χ3n) is 3.98. The lowest BCUT2D eigenvalue weighted by atomic mass is 10.1. The number of carbonyl (C=O) groups is 2. The Morgan fingerprint density at radius 3 is 2.58 bits per heavy atom. The van der Waals surface area contributed by atoms with Gasteiger partial charge in [-0.2, -0.15) is 5.26 Å². The van der Waals surface area contributed by atoms with Crippen molar-refractivity contribution in [2.24, 2.45) is 0 Å². The van der Waals surface area contributed by atoms with Gasteiger partial charge in [-0.15, -0.1) is 0 Å². The Balaban J connectivity index is 1.79. The van der Waals surface area contributed by atoms with Crippen molar-refractivity contribution in [2.45, 2.75) is 13.0 Å². The topological polar surface area (TPSA) is 72.1 Å². The summed E-state index contributed by atoms with van der Waals surface area (Å²) in [4.78, 5) is 24.7. The van der Waals surface area contributed by atoms with Crippen molar-refractivity contribution in [2.75, 3.05) is 6.61 Å².